The van der Waals surface area contributed by atoms with Crippen molar-refractivity contribution in [3.63, 3.8) is 0 Å². The van der Waals surface area contributed by atoms with Crippen molar-refractivity contribution in [1.29, 1.82) is 0 Å². The van der Waals surface area contributed by atoms with E-state index in [4.69, 9.17) is 0 Å². The molecule has 0 fully saturated rings. The minimum atomic E-state index is 0. The Labute approximate surface area is 184 Å². The van der Waals surface area contributed by atoms with Crippen LogP contribution in [0.4, 0.5) is 0 Å². The smallest absolute Gasteiger partial charge is 0 e. The molecule has 0 amide bonds. The number of hydrogen-bond donors (Lipinski definition) is 0. The summed E-state index contributed by atoms with van der Waals surface area (Å²) >= 11 is 0. The molecule has 0 bridgehead atoms. The second-order valence-electron chi connectivity index (χ2n) is 6.37. The van der Waals surface area contributed by atoms with Crippen LogP contribution >= 0.6 is 15.8 Å². The Morgan fingerprint density at radius 2 is 0.741 bits per heavy atom. The van der Waals surface area contributed by atoms with E-state index in [1.807, 2.05) is 13.8 Å². The van der Waals surface area contributed by atoms with Crippen LogP contribution in [-0.2, 0) is 17.4 Å². The van der Waals surface area contributed by atoms with Crippen molar-refractivity contribution in [2.24, 2.45) is 0 Å². The first-order valence-corrected chi connectivity index (χ1v) is 12.9. The summed E-state index contributed by atoms with van der Waals surface area (Å²) in [6, 6.07) is 21.2. The van der Waals surface area contributed by atoms with Gasteiger partial charge in [-0.3, -0.25) is 0 Å². The summed E-state index contributed by atoms with van der Waals surface area (Å²) in [6.45, 7) is 26.6. The molecule has 2 aromatic rings. The summed E-state index contributed by atoms with van der Waals surface area (Å²) in [5.74, 6) is 1.83. The maximum atomic E-state index is 3.44. The van der Waals surface area contributed by atoms with Crippen LogP contribution in [0.1, 0.15) is 13.8 Å². The van der Waals surface area contributed by atoms with Gasteiger partial charge in [-0.1, -0.05) is 90.4 Å². The van der Waals surface area contributed by atoms with Crippen LogP contribution in [0, 0.1) is 39.5 Å². The van der Waals surface area contributed by atoms with E-state index >= 15 is 0 Å². The molecule has 27 heavy (non-hydrogen) atoms. The van der Waals surface area contributed by atoms with Gasteiger partial charge in [0, 0.05) is 17.4 Å². The van der Waals surface area contributed by atoms with E-state index in [0.717, 1.165) is 11.8 Å². The molecule has 0 aliphatic carbocycles. The summed E-state index contributed by atoms with van der Waals surface area (Å²) in [7, 11) is 0.209. The molecule has 6 radical (unpaired) electrons. The van der Waals surface area contributed by atoms with Crippen LogP contribution in [-0.4, -0.2) is 26.7 Å². The van der Waals surface area contributed by atoms with Crippen molar-refractivity contribution in [3.8, 4) is 0 Å². The van der Waals surface area contributed by atoms with E-state index in [9.17, 15) is 0 Å². The second-order valence-corrected chi connectivity index (χ2v) is 11.0. The third-order valence-electron chi connectivity index (χ3n) is 2.55. The van der Waals surface area contributed by atoms with Gasteiger partial charge >= 0.3 is 0 Å². The Bertz CT molecular complexity index is 453. The zero-order chi connectivity index (χ0) is 20.5. The van der Waals surface area contributed by atoms with Gasteiger partial charge in [-0.05, 0) is 76.8 Å². The summed E-state index contributed by atoms with van der Waals surface area (Å²) in [4.78, 5) is 0. The zero-order valence-corrected chi connectivity index (χ0v) is 21.0. The predicted octanol–water partition coefficient (Wildman–Crippen LogP) is 6.60. The van der Waals surface area contributed by atoms with Gasteiger partial charge in [0.05, 0.1) is 0 Å². The van der Waals surface area contributed by atoms with E-state index in [2.05, 4.69) is 115 Å². The first kappa shape index (κ1) is 31.5. The van der Waals surface area contributed by atoms with E-state index in [1.54, 1.807) is 0 Å². The van der Waals surface area contributed by atoms with Gasteiger partial charge in [0.1, 0.15) is 0 Å². The molecule has 0 atom stereocenters. The molecule has 0 aliphatic rings. The Morgan fingerprint density at radius 3 is 0.852 bits per heavy atom. The van der Waals surface area contributed by atoms with Gasteiger partial charge in [0.25, 0.3) is 0 Å². The molecule has 0 nitrogen and oxygen atoms in total. The van der Waals surface area contributed by atoms with Crippen molar-refractivity contribution in [3.05, 3.63) is 100 Å². The first-order chi connectivity index (χ1) is 12.1. The van der Waals surface area contributed by atoms with Crippen molar-refractivity contribution in [1.82, 2.24) is 0 Å². The standard InChI is InChI=1S/2C8H11P.2C4H7.Cr/c2*1-9(2)8-6-4-3-5-7-8;2*1-4(2)3;/h2*3-7H,1-2H3;2*1-2H2,3H3;. The molecule has 3 heteroatoms. The maximum Gasteiger partial charge on any atom is 0 e. The van der Waals surface area contributed by atoms with Gasteiger partial charge < -0.3 is 0 Å². The molecule has 2 rings (SSSR count). The third kappa shape index (κ3) is 25.8. The van der Waals surface area contributed by atoms with Crippen LogP contribution in [0.5, 0.6) is 0 Å². The summed E-state index contributed by atoms with van der Waals surface area (Å²) in [6.07, 6.45) is 0. The van der Waals surface area contributed by atoms with Gasteiger partial charge in [0.15, 0.2) is 0 Å². The Balaban J connectivity index is -0.000000303. The SMILES string of the molecule is CP(C)c1ccccc1.CP(C)c1ccccc1.[CH2][C]([CH2])C.[CH2][C]([CH2])C.[Cr]. The maximum absolute atomic E-state index is 3.44. The Kier molecular flexibility index (Phi) is 24.0. The summed E-state index contributed by atoms with van der Waals surface area (Å²) < 4.78 is 0. The van der Waals surface area contributed by atoms with Gasteiger partial charge in [-0.15, -0.1) is 0 Å². The normalized spacial score (nSPS) is 9.41. The zero-order valence-electron chi connectivity index (χ0n) is 17.9. The van der Waals surface area contributed by atoms with Crippen molar-refractivity contribution in [2.45, 2.75) is 13.8 Å². The molecule has 0 aromatic heterocycles. The largest absolute Gasteiger partial charge is 0.0817 e. The topological polar surface area (TPSA) is 0 Å². The molecule has 0 spiro atoms. The number of rotatable bonds is 2. The Morgan fingerprint density at radius 1 is 0.556 bits per heavy atom. The molecular formula is C24H36CrP2. The Hall–Kier alpha value is -0.168. The fourth-order valence-corrected chi connectivity index (χ4v) is 2.99. The number of benzene rings is 2. The second kappa shape index (κ2) is 20.6. The van der Waals surface area contributed by atoms with E-state index in [-0.39, 0.29) is 33.2 Å². The van der Waals surface area contributed by atoms with Crippen LogP contribution in [0.15, 0.2) is 60.7 Å². The molecule has 0 saturated heterocycles. The van der Waals surface area contributed by atoms with Crippen LogP contribution in [0.2, 0.25) is 0 Å². The van der Waals surface area contributed by atoms with E-state index in [0.29, 0.717) is 0 Å². The van der Waals surface area contributed by atoms with Crippen molar-refractivity contribution < 1.29 is 17.4 Å². The quantitative estimate of drug-likeness (QED) is 0.463. The predicted molar refractivity (Wildman–Crippen MR) is 129 cm³/mol. The van der Waals surface area contributed by atoms with Gasteiger partial charge in [-0.25, -0.2) is 0 Å². The summed E-state index contributed by atoms with van der Waals surface area (Å²) in [5.41, 5.74) is 0. The molecule has 0 N–H and O–H groups in total. The molecule has 2 aromatic carbocycles. The molecular weight excluding hydrogens is 402 g/mol. The minimum Gasteiger partial charge on any atom is -0.0817 e. The fourth-order valence-electron chi connectivity index (χ4n) is 1.45. The van der Waals surface area contributed by atoms with Crippen molar-refractivity contribution in [2.75, 3.05) is 26.7 Å². The molecule has 148 valence electrons. The number of hydrogen-bond acceptors (Lipinski definition) is 0. The van der Waals surface area contributed by atoms with Gasteiger partial charge in [-0.2, -0.15) is 0 Å². The van der Waals surface area contributed by atoms with E-state index in [1.165, 1.54) is 10.6 Å². The van der Waals surface area contributed by atoms with E-state index < -0.39 is 0 Å². The van der Waals surface area contributed by atoms with Crippen LogP contribution in [0.3, 0.4) is 0 Å². The minimum absolute atomic E-state index is 0. The average molecular weight is 438 g/mol. The van der Waals surface area contributed by atoms with Gasteiger partial charge in [0.2, 0.25) is 0 Å². The monoisotopic (exact) mass is 438 g/mol. The molecule has 0 heterocycles. The molecule has 0 unspecified atom stereocenters. The van der Waals surface area contributed by atoms with Crippen molar-refractivity contribution >= 4 is 26.5 Å². The summed E-state index contributed by atoms with van der Waals surface area (Å²) in [5, 5.41) is 2.96. The van der Waals surface area contributed by atoms with Crippen LogP contribution < -0.4 is 10.6 Å². The average Bonchev–Trinajstić information content (AvgIpc) is 2.56. The fraction of sp³-hybridized carbons (Fsp3) is 0.250. The molecule has 0 saturated carbocycles. The molecule has 0 aliphatic heterocycles. The third-order valence-corrected chi connectivity index (χ3v) is 5.21. The first-order valence-electron chi connectivity index (χ1n) is 8.47. The van der Waals surface area contributed by atoms with Crippen LogP contribution in [0.25, 0.3) is 0 Å².